The Hall–Kier alpha value is -2.18. The second kappa shape index (κ2) is 7.44. The largest absolute Gasteiger partial charge is 0.391 e. The molecule has 6 nitrogen and oxygen atoms in total. The van der Waals surface area contributed by atoms with Crippen molar-refractivity contribution in [3.63, 3.8) is 0 Å². The Balaban J connectivity index is 1.41. The van der Waals surface area contributed by atoms with E-state index >= 15 is 0 Å². The first kappa shape index (κ1) is 18.2. The van der Waals surface area contributed by atoms with Crippen LogP contribution in [0, 0.1) is 18.8 Å². The van der Waals surface area contributed by atoms with Crippen LogP contribution >= 0.6 is 0 Å². The molecule has 0 spiro atoms. The van der Waals surface area contributed by atoms with Gasteiger partial charge in [-0.3, -0.25) is 9.69 Å². The molecule has 2 fully saturated rings. The molecular formula is C21H28N4O2. The SMILES string of the molecule is CC(=O)N[C@@H]1C[C@@H]2CN(Cc3ccc(-n4cccn4)cc3C)C[C@@H]2C[C@H]1O. The molecule has 4 rings (SSSR count). The fourth-order valence-electron chi connectivity index (χ4n) is 4.74. The molecule has 1 amide bonds. The van der Waals surface area contributed by atoms with Crippen molar-refractivity contribution < 1.29 is 9.90 Å². The first-order chi connectivity index (χ1) is 13.0. The number of aliphatic hydroxyl groups is 1. The second-order valence-electron chi connectivity index (χ2n) is 8.12. The molecule has 1 aromatic heterocycles. The van der Waals surface area contributed by atoms with Crippen LogP contribution in [0.5, 0.6) is 0 Å². The molecule has 0 radical (unpaired) electrons. The van der Waals surface area contributed by atoms with E-state index in [1.807, 2.05) is 16.9 Å². The summed E-state index contributed by atoms with van der Waals surface area (Å²) in [4.78, 5) is 13.9. The zero-order valence-corrected chi connectivity index (χ0v) is 16.0. The van der Waals surface area contributed by atoms with E-state index in [2.05, 4.69) is 40.4 Å². The van der Waals surface area contributed by atoms with Crippen molar-refractivity contribution in [1.82, 2.24) is 20.0 Å². The van der Waals surface area contributed by atoms with Gasteiger partial charge in [0, 0.05) is 39.0 Å². The molecule has 1 aromatic carbocycles. The first-order valence-corrected chi connectivity index (χ1v) is 9.76. The Morgan fingerprint density at radius 1 is 1.30 bits per heavy atom. The Kier molecular flexibility index (Phi) is 5.02. The summed E-state index contributed by atoms with van der Waals surface area (Å²) in [5.41, 5.74) is 3.69. The van der Waals surface area contributed by atoms with Gasteiger partial charge in [-0.25, -0.2) is 4.68 Å². The predicted octanol–water partition coefficient (Wildman–Crippen LogP) is 1.89. The number of aryl methyl sites for hydroxylation is 1. The Labute approximate surface area is 160 Å². The van der Waals surface area contributed by atoms with Gasteiger partial charge in [-0.15, -0.1) is 0 Å². The van der Waals surface area contributed by atoms with Gasteiger partial charge in [0.1, 0.15) is 0 Å². The van der Waals surface area contributed by atoms with E-state index in [1.165, 1.54) is 18.1 Å². The van der Waals surface area contributed by atoms with Crippen LogP contribution in [0.1, 0.15) is 30.9 Å². The standard InChI is InChI=1S/C21H28N4O2/c1-14-8-19(25-7-3-6-22-25)5-4-16(14)11-24-12-17-9-20(23-15(2)26)21(27)10-18(17)13-24/h3-8,17-18,20-21,27H,9-13H2,1-2H3,(H,23,26)/t17-,18+,20-,21-/m1/s1. The number of carbonyl (C=O) groups excluding carboxylic acids is 1. The van der Waals surface area contributed by atoms with Gasteiger partial charge in [-0.1, -0.05) is 6.07 Å². The molecule has 27 heavy (non-hydrogen) atoms. The molecular weight excluding hydrogens is 340 g/mol. The van der Waals surface area contributed by atoms with Crippen molar-refractivity contribution in [2.24, 2.45) is 11.8 Å². The lowest BCUT2D eigenvalue weighted by Crippen LogP contribution is -2.48. The minimum absolute atomic E-state index is 0.0553. The molecule has 2 aromatic rings. The number of benzene rings is 1. The molecule has 2 heterocycles. The summed E-state index contributed by atoms with van der Waals surface area (Å²) in [6.45, 7) is 6.67. The molecule has 1 aliphatic carbocycles. The van der Waals surface area contributed by atoms with Gasteiger partial charge < -0.3 is 10.4 Å². The Morgan fingerprint density at radius 3 is 2.74 bits per heavy atom. The van der Waals surface area contributed by atoms with E-state index in [0.29, 0.717) is 11.8 Å². The van der Waals surface area contributed by atoms with E-state index in [1.54, 1.807) is 6.20 Å². The van der Waals surface area contributed by atoms with Crippen LogP contribution in [0.2, 0.25) is 0 Å². The second-order valence-corrected chi connectivity index (χ2v) is 8.12. The van der Waals surface area contributed by atoms with Crippen LogP contribution in [-0.4, -0.2) is 50.9 Å². The lowest BCUT2D eigenvalue weighted by molar-refractivity contribution is -0.121. The molecule has 0 bridgehead atoms. The summed E-state index contributed by atoms with van der Waals surface area (Å²) in [5, 5.41) is 17.6. The number of amides is 1. The maximum absolute atomic E-state index is 11.4. The Morgan fingerprint density at radius 2 is 2.07 bits per heavy atom. The van der Waals surface area contributed by atoms with Crippen molar-refractivity contribution in [2.75, 3.05) is 13.1 Å². The van der Waals surface area contributed by atoms with E-state index < -0.39 is 6.10 Å². The molecule has 6 heteroatoms. The summed E-state index contributed by atoms with van der Waals surface area (Å²) >= 11 is 0. The number of rotatable bonds is 4. The smallest absolute Gasteiger partial charge is 0.217 e. The number of hydrogen-bond donors (Lipinski definition) is 2. The average Bonchev–Trinajstić information content (AvgIpc) is 3.26. The Bertz CT molecular complexity index is 805. The van der Waals surface area contributed by atoms with Crippen molar-refractivity contribution in [3.05, 3.63) is 47.8 Å². The third-order valence-corrected chi connectivity index (χ3v) is 6.10. The summed E-state index contributed by atoms with van der Waals surface area (Å²) in [6, 6.07) is 8.33. The van der Waals surface area contributed by atoms with Crippen LogP contribution in [0.25, 0.3) is 5.69 Å². The number of carbonyl (C=O) groups is 1. The van der Waals surface area contributed by atoms with Gasteiger partial charge in [0.15, 0.2) is 0 Å². The lowest BCUT2D eigenvalue weighted by Gasteiger charge is -2.35. The van der Waals surface area contributed by atoms with Gasteiger partial charge in [0.2, 0.25) is 5.91 Å². The third kappa shape index (κ3) is 3.92. The van der Waals surface area contributed by atoms with Crippen LogP contribution in [0.15, 0.2) is 36.7 Å². The van der Waals surface area contributed by atoms with E-state index in [4.69, 9.17) is 0 Å². The van der Waals surface area contributed by atoms with Crippen molar-refractivity contribution >= 4 is 5.91 Å². The normalized spacial score (nSPS) is 28.1. The molecule has 2 N–H and O–H groups in total. The number of aromatic nitrogens is 2. The molecule has 1 aliphatic heterocycles. The molecule has 144 valence electrons. The molecule has 1 saturated carbocycles. The quantitative estimate of drug-likeness (QED) is 0.865. The zero-order valence-electron chi connectivity index (χ0n) is 16.0. The van der Waals surface area contributed by atoms with Crippen molar-refractivity contribution in [1.29, 1.82) is 0 Å². The summed E-state index contributed by atoms with van der Waals surface area (Å²) < 4.78 is 1.88. The third-order valence-electron chi connectivity index (χ3n) is 6.10. The number of likely N-dealkylation sites (tertiary alicyclic amines) is 1. The average molecular weight is 368 g/mol. The van der Waals surface area contributed by atoms with E-state index in [0.717, 1.165) is 38.2 Å². The number of hydrogen-bond acceptors (Lipinski definition) is 4. The van der Waals surface area contributed by atoms with E-state index in [9.17, 15) is 9.90 Å². The molecule has 1 saturated heterocycles. The predicted molar refractivity (Wildman–Crippen MR) is 103 cm³/mol. The maximum Gasteiger partial charge on any atom is 0.217 e. The minimum Gasteiger partial charge on any atom is -0.391 e. The zero-order chi connectivity index (χ0) is 19.0. The summed E-state index contributed by atoms with van der Waals surface area (Å²) in [7, 11) is 0. The van der Waals surface area contributed by atoms with Gasteiger partial charge in [0.25, 0.3) is 0 Å². The minimum atomic E-state index is -0.426. The van der Waals surface area contributed by atoms with Gasteiger partial charge in [0.05, 0.1) is 17.8 Å². The number of aliphatic hydroxyl groups excluding tert-OH is 1. The molecule has 0 unspecified atom stereocenters. The first-order valence-electron chi connectivity index (χ1n) is 9.76. The fourth-order valence-corrected chi connectivity index (χ4v) is 4.74. The van der Waals surface area contributed by atoms with Crippen LogP contribution < -0.4 is 5.32 Å². The topological polar surface area (TPSA) is 70.4 Å². The van der Waals surface area contributed by atoms with E-state index in [-0.39, 0.29) is 11.9 Å². The van der Waals surface area contributed by atoms with Gasteiger partial charge in [-0.2, -0.15) is 5.10 Å². The summed E-state index contributed by atoms with van der Waals surface area (Å²) in [5.74, 6) is 1.02. The highest BCUT2D eigenvalue weighted by Gasteiger charge is 2.41. The fraction of sp³-hybridized carbons (Fsp3) is 0.524. The summed E-state index contributed by atoms with van der Waals surface area (Å²) in [6.07, 6.45) is 4.97. The van der Waals surface area contributed by atoms with Crippen molar-refractivity contribution in [3.8, 4) is 5.69 Å². The van der Waals surface area contributed by atoms with Gasteiger partial charge in [-0.05, 0) is 60.9 Å². The highest BCUT2D eigenvalue weighted by molar-refractivity contribution is 5.73. The number of nitrogens with zero attached hydrogens (tertiary/aromatic N) is 3. The molecule has 2 aliphatic rings. The van der Waals surface area contributed by atoms with Crippen LogP contribution in [-0.2, 0) is 11.3 Å². The van der Waals surface area contributed by atoms with Crippen molar-refractivity contribution in [2.45, 2.75) is 45.4 Å². The number of fused-ring (bicyclic) bond motifs is 1. The maximum atomic E-state index is 11.4. The molecule has 4 atom stereocenters. The highest BCUT2D eigenvalue weighted by Crippen LogP contribution is 2.37. The van der Waals surface area contributed by atoms with Crippen LogP contribution in [0.4, 0.5) is 0 Å². The highest BCUT2D eigenvalue weighted by atomic mass is 16.3. The monoisotopic (exact) mass is 368 g/mol. The number of nitrogens with one attached hydrogen (secondary N) is 1. The van der Waals surface area contributed by atoms with Crippen LogP contribution in [0.3, 0.4) is 0 Å². The lowest BCUT2D eigenvalue weighted by atomic mass is 9.77. The van der Waals surface area contributed by atoms with Gasteiger partial charge >= 0.3 is 0 Å².